The quantitative estimate of drug-likeness (QED) is 0.856. The number of rotatable bonds is 4. The first-order chi connectivity index (χ1) is 9.56. The second-order valence-electron chi connectivity index (χ2n) is 5.33. The molecule has 1 fully saturated rings. The molecule has 1 amide bonds. The van der Waals surface area contributed by atoms with Gasteiger partial charge in [0.15, 0.2) is 0 Å². The highest BCUT2D eigenvalue weighted by Crippen LogP contribution is 2.22. The molecule has 2 N–H and O–H groups in total. The Bertz CT molecular complexity index is 456. The van der Waals surface area contributed by atoms with Crippen LogP contribution in [0, 0.1) is 0 Å². The number of hydrogen-bond donors (Lipinski definition) is 1. The molecule has 5 heteroatoms. The van der Waals surface area contributed by atoms with Crippen LogP contribution in [0.25, 0.3) is 0 Å². The van der Waals surface area contributed by atoms with Crippen molar-refractivity contribution in [1.29, 1.82) is 0 Å². The van der Waals surface area contributed by atoms with Gasteiger partial charge in [0.25, 0.3) is 0 Å². The molecule has 1 aromatic carbocycles. The summed E-state index contributed by atoms with van der Waals surface area (Å²) in [5.74, 6) is 0.737. The van der Waals surface area contributed by atoms with Crippen LogP contribution in [0.2, 0.25) is 0 Å². The number of carbonyl (C=O) groups excluding carboxylic acids is 1. The second-order valence-corrected chi connectivity index (χ2v) is 6.38. The van der Waals surface area contributed by atoms with E-state index in [1.54, 1.807) is 11.8 Å². The Morgan fingerprint density at radius 3 is 2.70 bits per heavy atom. The highest BCUT2D eigenvalue weighted by molar-refractivity contribution is 8.00. The summed E-state index contributed by atoms with van der Waals surface area (Å²) in [7, 11) is 2.09. The van der Waals surface area contributed by atoms with Gasteiger partial charge in [-0.05, 0) is 31.7 Å². The van der Waals surface area contributed by atoms with Crippen LogP contribution in [0.3, 0.4) is 0 Å². The molecule has 0 aromatic heterocycles. The molecule has 0 spiro atoms. The van der Waals surface area contributed by atoms with Crippen molar-refractivity contribution in [3.8, 4) is 0 Å². The molecular formula is C15H23N3OS. The van der Waals surface area contributed by atoms with Crippen LogP contribution in [0.15, 0.2) is 29.2 Å². The van der Waals surface area contributed by atoms with Gasteiger partial charge in [-0.2, -0.15) is 0 Å². The Kier molecular flexibility index (Phi) is 5.46. The molecule has 1 aromatic rings. The van der Waals surface area contributed by atoms with Gasteiger partial charge in [0, 0.05) is 37.1 Å². The Morgan fingerprint density at radius 2 is 2.05 bits per heavy atom. The summed E-state index contributed by atoms with van der Waals surface area (Å²) in [4.78, 5) is 17.5. The summed E-state index contributed by atoms with van der Waals surface area (Å²) in [5.41, 5.74) is 6.99. The third-order valence-corrected chi connectivity index (χ3v) is 4.58. The van der Waals surface area contributed by atoms with E-state index in [4.69, 9.17) is 5.73 Å². The van der Waals surface area contributed by atoms with Crippen molar-refractivity contribution < 1.29 is 4.79 Å². The minimum absolute atomic E-state index is 0.0314. The van der Waals surface area contributed by atoms with E-state index in [-0.39, 0.29) is 11.9 Å². The lowest BCUT2D eigenvalue weighted by atomic mass is 10.1. The van der Waals surface area contributed by atoms with E-state index in [1.807, 2.05) is 30.0 Å². The van der Waals surface area contributed by atoms with Crippen LogP contribution in [0.4, 0.5) is 0 Å². The molecule has 1 aliphatic rings. The molecule has 1 aliphatic heterocycles. The van der Waals surface area contributed by atoms with Crippen molar-refractivity contribution >= 4 is 17.7 Å². The molecule has 0 saturated carbocycles. The fraction of sp³-hybridized carbons (Fsp3) is 0.533. The lowest BCUT2D eigenvalue weighted by Crippen LogP contribution is -2.47. The molecule has 2 rings (SSSR count). The molecule has 0 aliphatic carbocycles. The lowest BCUT2D eigenvalue weighted by Gasteiger charge is -2.32. The van der Waals surface area contributed by atoms with Crippen LogP contribution in [-0.2, 0) is 4.79 Å². The van der Waals surface area contributed by atoms with E-state index in [0.717, 1.165) is 36.6 Å². The van der Waals surface area contributed by atoms with Gasteiger partial charge in [0.2, 0.25) is 5.91 Å². The number of likely N-dealkylation sites (N-methyl/N-ethyl adjacent to an activating group) is 1. The number of piperazine rings is 1. The molecular weight excluding hydrogens is 270 g/mol. The SMILES string of the molecule is CC(N)c1cccc(SCC(=O)N2CCN(C)CC2)c1. The van der Waals surface area contributed by atoms with Gasteiger partial charge in [-0.25, -0.2) is 0 Å². The van der Waals surface area contributed by atoms with E-state index in [0.29, 0.717) is 5.75 Å². The van der Waals surface area contributed by atoms with Crippen LogP contribution in [-0.4, -0.2) is 54.7 Å². The Balaban J connectivity index is 1.85. The number of carbonyl (C=O) groups is 1. The highest BCUT2D eigenvalue weighted by atomic mass is 32.2. The molecule has 1 atom stereocenters. The summed E-state index contributed by atoms with van der Waals surface area (Å²) >= 11 is 1.59. The third-order valence-electron chi connectivity index (χ3n) is 3.60. The van der Waals surface area contributed by atoms with Gasteiger partial charge in [-0.1, -0.05) is 12.1 Å². The van der Waals surface area contributed by atoms with Crippen LogP contribution in [0.1, 0.15) is 18.5 Å². The zero-order valence-electron chi connectivity index (χ0n) is 12.2. The molecule has 1 heterocycles. The lowest BCUT2D eigenvalue weighted by molar-refractivity contribution is -0.129. The smallest absolute Gasteiger partial charge is 0.233 e. The summed E-state index contributed by atoms with van der Waals surface area (Å²) in [6.45, 7) is 5.60. The highest BCUT2D eigenvalue weighted by Gasteiger charge is 2.18. The average molecular weight is 293 g/mol. The topological polar surface area (TPSA) is 49.6 Å². The Labute approximate surface area is 125 Å². The van der Waals surface area contributed by atoms with Crippen molar-refractivity contribution in [2.24, 2.45) is 5.73 Å². The van der Waals surface area contributed by atoms with Crippen LogP contribution >= 0.6 is 11.8 Å². The molecule has 20 heavy (non-hydrogen) atoms. The van der Waals surface area contributed by atoms with E-state index in [1.165, 1.54) is 0 Å². The number of nitrogens with zero attached hydrogens (tertiary/aromatic N) is 2. The first-order valence-electron chi connectivity index (χ1n) is 7.01. The monoisotopic (exact) mass is 293 g/mol. The fourth-order valence-corrected chi connectivity index (χ4v) is 3.05. The minimum atomic E-state index is 0.0314. The maximum Gasteiger partial charge on any atom is 0.233 e. The maximum absolute atomic E-state index is 12.2. The van der Waals surface area contributed by atoms with Crippen molar-refractivity contribution in [2.75, 3.05) is 39.0 Å². The zero-order chi connectivity index (χ0) is 14.5. The summed E-state index contributed by atoms with van der Waals surface area (Å²) in [5, 5.41) is 0. The first-order valence-corrected chi connectivity index (χ1v) is 7.99. The van der Waals surface area contributed by atoms with E-state index in [9.17, 15) is 4.79 Å². The molecule has 1 saturated heterocycles. The van der Waals surface area contributed by atoms with Crippen molar-refractivity contribution in [2.45, 2.75) is 17.9 Å². The van der Waals surface area contributed by atoms with E-state index in [2.05, 4.69) is 18.0 Å². The van der Waals surface area contributed by atoms with Gasteiger partial charge in [-0.3, -0.25) is 4.79 Å². The largest absolute Gasteiger partial charge is 0.339 e. The van der Waals surface area contributed by atoms with Crippen LogP contribution in [0.5, 0.6) is 0 Å². The van der Waals surface area contributed by atoms with E-state index >= 15 is 0 Å². The van der Waals surface area contributed by atoms with Crippen LogP contribution < -0.4 is 5.73 Å². The fourth-order valence-electron chi connectivity index (χ4n) is 2.18. The van der Waals surface area contributed by atoms with Crippen molar-refractivity contribution in [3.05, 3.63) is 29.8 Å². The molecule has 1 unspecified atom stereocenters. The molecule has 0 radical (unpaired) electrons. The van der Waals surface area contributed by atoms with Gasteiger partial charge in [0.05, 0.1) is 5.75 Å². The third kappa shape index (κ3) is 4.23. The van der Waals surface area contributed by atoms with Gasteiger partial charge in [0.1, 0.15) is 0 Å². The summed E-state index contributed by atoms with van der Waals surface area (Å²) in [6, 6.07) is 8.17. The number of thioether (sulfide) groups is 1. The molecule has 0 bridgehead atoms. The summed E-state index contributed by atoms with van der Waals surface area (Å²) < 4.78 is 0. The second kappa shape index (κ2) is 7.11. The Hall–Kier alpha value is -1.04. The van der Waals surface area contributed by atoms with Gasteiger partial charge in [-0.15, -0.1) is 11.8 Å². The number of amides is 1. The molecule has 4 nitrogen and oxygen atoms in total. The number of benzene rings is 1. The Morgan fingerprint density at radius 1 is 1.35 bits per heavy atom. The average Bonchev–Trinajstić information content (AvgIpc) is 2.46. The first kappa shape index (κ1) is 15.4. The normalized spacial score (nSPS) is 18.1. The molecule has 110 valence electrons. The summed E-state index contributed by atoms with van der Waals surface area (Å²) in [6.07, 6.45) is 0. The van der Waals surface area contributed by atoms with E-state index < -0.39 is 0 Å². The zero-order valence-corrected chi connectivity index (χ0v) is 13.0. The standard InChI is InChI=1S/C15H23N3OS/c1-12(16)13-4-3-5-14(10-13)20-11-15(19)18-8-6-17(2)7-9-18/h3-5,10,12H,6-9,11,16H2,1-2H3. The predicted octanol–water partition coefficient (Wildman–Crippen LogP) is 1.57. The maximum atomic E-state index is 12.2. The van der Waals surface area contributed by atoms with Gasteiger partial charge >= 0.3 is 0 Å². The number of hydrogen-bond acceptors (Lipinski definition) is 4. The number of nitrogens with two attached hydrogens (primary N) is 1. The van der Waals surface area contributed by atoms with Gasteiger partial charge < -0.3 is 15.5 Å². The van der Waals surface area contributed by atoms with Crippen molar-refractivity contribution in [1.82, 2.24) is 9.80 Å². The predicted molar refractivity (Wildman–Crippen MR) is 83.8 cm³/mol. The minimum Gasteiger partial charge on any atom is -0.339 e. The van der Waals surface area contributed by atoms with Crippen molar-refractivity contribution in [3.63, 3.8) is 0 Å².